The molecule has 7 nitrogen and oxygen atoms in total. The average molecular weight is 307 g/mol. The number of rotatable bonds is 5. The van der Waals surface area contributed by atoms with Crippen molar-refractivity contribution in [2.45, 2.75) is 18.4 Å². The molecule has 8 heteroatoms. The lowest BCUT2D eigenvalue weighted by molar-refractivity contribution is -0.385. The lowest BCUT2D eigenvalue weighted by atomic mass is 10.2. The van der Waals surface area contributed by atoms with E-state index < -0.39 is 14.9 Å². The molecule has 110 valence electrons. The summed E-state index contributed by atoms with van der Waals surface area (Å²) in [5.41, 5.74) is 1.50. The predicted octanol–water partition coefficient (Wildman–Crippen LogP) is 1.78. The predicted molar refractivity (Wildman–Crippen MR) is 76.1 cm³/mol. The van der Waals surface area contributed by atoms with Gasteiger partial charge < -0.3 is 0 Å². The third-order valence-electron chi connectivity index (χ3n) is 2.81. The monoisotopic (exact) mass is 307 g/mol. The van der Waals surface area contributed by atoms with E-state index in [0.717, 1.165) is 29.6 Å². The fourth-order valence-electron chi connectivity index (χ4n) is 1.62. The van der Waals surface area contributed by atoms with Crippen molar-refractivity contribution in [2.75, 3.05) is 0 Å². The Hall–Kier alpha value is -2.32. The number of pyridine rings is 1. The summed E-state index contributed by atoms with van der Waals surface area (Å²) in [6.07, 6.45) is 2.07. The number of nitrogens with one attached hydrogen (secondary N) is 1. The minimum atomic E-state index is -3.84. The molecule has 21 heavy (non-hydrogen) atoms. The molecule has 0 fully saturated rings. The molecule has 1 N–H and O–H groups in total. The molecule has 0 spiro atoms. The zero-order valence-corrected chi connectivity index (χ0v) is 12.0. The molecular formula is C13H13N3O4S. The number of benzene rings is 1. The minimum Gasteiger partial charge on any atom is -0.258 e. The van der Waals surface area contributed by atoms with Crippen molar-refractivity contribution >= 4 is 15.7 Å². The van der Waals surface area contributed by atoms with Crippen molar-refractivity contribution in [3.05, 3.63) is 64.0 Å². The molecule has 0 aliphatic rings. The maximum Gasteiger partial charge on any atom is 0.288 e. The molecule has 2 aromatic rings. The van der Waals surface area contributed by atoms with Crippen LogP contribution in [0.3, 0.4) is 0 Å². The molecule has 0 bridgehead atoms. The van der Waals surface area contributed by atoms with E-state index in [1.165, 1.54) is 0 Å². The summed E-state index contributed by atoms with van der Waals surface area (Å²) in [4.78, 5) is 13.3. The molecule has 0 radical (unpaired) electrons. The summed E-state index contributed by atoms with van der Waals surface area (Å²) in [7, 11) is -3.84. The van der Waals surface area contributed by atoms with Crippen LogP contribution in [-0.4, -0.2) is 18.3 Å². The summed E-state index contributed by atoms with van der Waals surface area (Å²) in [5.74, 6) is 0. The molecule has 0 saturated carbocycles. The molecule has 0 amide bonds. The highest BCUT2D eigenvalue weighted by Crippen LogP contribution is 2.15. The van der Waals surface area contributed by atoms with Crippen LogP contribution in [-0.2, 0) is 16.6 Å². The summed E-state index contributed by atoms with van der Waals surface area (Å²) < 4.78 is 26.5. The lowest BCUT2D eigenvalue weighted by Crippen LogP contribution is -2.23. The van der Waals surface area contributed by atoms with E-state index in [-0.39, 0.29) is 17.1 Å². The van der Waals surface area contributed by atoms with E-state index in [4.69, 9.17) is 0 Å². The number of nitrogens with zero attached hydrogens (tertiary/aromatic N) is 2. The first-order valence-corrected chi connectivity index (χ1v) is 7.51. The van der Waals surface area contributed by atoms with Crippen molar-refractivity contribution in [1.29, 1.82) is 0 Å². The van der Waals surface area contributed by atoms with Crippen LogP contribution >= 0.6 is 0 Å². The van der Waals surface area contributed by atoms with Gasteiger partial charge in [0.1, 0.15) is 11.1 Å². The summed E-state index contributed by atoms with van der Waals surface area (Å²) in [6.45, 7) is 2.04. The third kappa shape index (κ3) is 3.83. The van der Waals surface area contributed by atoms with Gasteiger partial charge in [-0.3, -0.25) is 15.1 Å². The van der Waals surface area contributed by atoms with E-state index in [2.05, 4.69) is 9.71 Å². The summed E-state index contributed by atoms with van der Waals surface area (Å²) in [5, 5.41) is 10.6. The Labute approximate surface area is 121 Å². The largest absolute Gasteiger partial charge is 0.288 e. The summed E-state index contributed by atoms with van der Waals surface area (Å²) >= 11 is 0. The zero-order valence-electron chi connectivity index (χ0n) is 11.2. The number of hydrogen-bond acceptors (Lipinski definition) is 5. The van der Waals surface area contributed by atoms with Gasteiger partial charge in [0, 0.05) is 18.8 Å². The van der Waals surface area contributed by atoms with Gasteiger partial charge in [-0.25, -0.2) is 13.1 Å². The smallest absolute Gasteiger partial charge is 0.258 e. The highest BCUT2D eigenvalue weighted by Gasteiger charge is 2.18. The zero-order chi connectivity index (χ0) is 15.5. The standard InChI is InChI=1S/C13H13N3O4S/c1-10-2-4-11(5-3-10)7-15-21(19,20)13-6-12(16(17)18)8-14-9-13/h2-6,8-9,15H,7H2,1H3. The van der Waals surface area contributed by atoms with E-state index in [1.807, 2.05) is 31.2 Å². The normalized spacial score (nSPS) is 11.3. The highest BCUT2D eigenvalue weighted by atomic mass is 32.2. The topological polar surface area (TPSA) is 102 Å². The van der Waals surface area contributed by atoms with Crippen molar-refractivity contribution in [3.63, 3.8) is 0 Å². The van der Waals surface area contributed by atoms with Gasteiger partial charge in [-0.15, -0.1) is 0 Å². The number of sulfonamides is 1. The quantitative estimate of drug-likeness (QED) is 0.670. The molecule has 0 saturated heterocycles. The van der Waals surface area contributed by atoms with Crippen LogP contribution in [0.1, 0.15) is 11.1 Å². The Morgan fingerprint density at radius 1 is 1.24 bits per heavy atom. The number of nitro groups is 1. The molecule has 0 aliphatic heterocycles. The van der Waals surface area contributed by atoms with Crippen LogP contribution < -0.4 is 4.72 Å². The van der Waals surface area contributed by atoms with Gasteiger partial charge in [-0.1, -0.05) is 29.8 Å². The van der Waals surface area contributed by atoms with Crippen molar-refractivity contribution in [1.82, 2.24) is 9.71 Å². The second kappa shape index (κ2) is 5.98. The van der Waals surface area contributed by atoms with Gasteiger partial charge in [0.25, 0.3) is 5.69 Å². The Morgan fingerprint density at radius 3 is 2.52 bits per heavy atom. The highest BCUT2D eigenvalue weighted by molar-refractivity contribution is 7.89. The second-order valence-corrected chi connectivity index (χ2v) is 6.21. The Bertz CT molecular complexity index is 757. The second-order valence-electron chi connectivity index (χ2n) is 4.45. The first-order chi connectivity index (χ1) is 9.88. The molecule has 1 aromatic heterocycles. The summed E-state index contributed by atoms with van der Waals surface area (Å²) in [6, 6.07) is 8.34. The average Bonchev–Trinajstić information content (AvgIpc) is 2.47. The molecule has 1 aromatic carbocycles. The van der Waals surface area contributed by atoms with Gasteiger partial charge in [0.15, 0.2) is 0 Å². The van der Waals surface area contributed by atoms with Crippen molar-refractivity contribution in [3.8, 4) is 0 Å². The van der Waals surface area contributed by atoms with Crippen LogP contribution in [0.5, 0.6) is 0 Å². The van der Waals surface area contributed by atoms with Crippen molar-refractivity contribution < 1.29 is 13.3 Å². The molecule has 0 atom stereocenters. The maximum atomic E-state index is 12.1. The van der Waals surface area contributed by atoms with Crippen molar-refractivity contribution in [2.24, 2.45) is 0 Å². The van der Waals surface area contributed by atoms with Crippen LogP contribution in [0.15, 0.2) is 47.6 Å². The number of aryl methyl sites for hydroxylation is 1. The Balaban J connectivity index is 2.16. The van der Waals surface area contributed by atoms with E-state index in [1.54, 1.807) is 0 Å². The van der Waals surface area contributed by atoms with Crippen LogP contribution in [0.25, 0.3) is 0 Å². The van der Waals surface area contributed by atoms with E-state index in [9.17, 15) is 18.5 Å². The molecule has 0 unspecified atom stereocenters. The molecular weight excluding hydrogens is 294 g/mol. The van der Waals surface area contributed by atoms with Gasteiger partial charge in [0.05, 0.1) is 4.92 Å². The number of hydrogen-bond donors (Lipinski definition) is 1. The Kier molecular flexibility index (Phi) is 4.29. The fourth-order valence-corrected chi connectivity index (χ4v) is 2.62. The SMILES string of the molecule is Cc1ccc(CNS(=O)(=O)c2cncc([N+](=O)[O-])c2)cc1. The minimum absolute atomic E-state index is 0.102. The van der Waals surface area contributed by atoms with Crippen LogP contribution in [0.4, 0.5) is 5.69 Å². The molecule has 2 rings (SSSR count). The van der Waals surface area contributed by atoms with Crippen LogP contribution in [0, 0.1) is 17.0 Å². The first kappa shape index (κ1) is 15.1. The maximum absolute atomic E-state index is 12.1. The van der Waals surface area contributed by atoms with Crippen LogP contribution in [0.2, 0.25) is 0 Å². The number of aromatic nitrogens is 1. The molecule has 1 heterocycles. The fraction of sp³-hybridized carbons (Fsp3) is 0.154. The van der Waals surface area contributed by atoms with Gasteiger partial charge in [0.2, 0.25) is 10.0 Å². The van der Waals surface area contributed by atoms with E-state index >= 15 is 0 Å². The third-order valence-corrected chi connectivity index (χ3v) is 4.17. The van der Waals surface area contributed by atoms with Gasteiger partial charge in [-0.2, -0.15) is 0 Å². The Morgan fingerprint density at radius 2 is 1.90 bits per heavy atom. The molecule has 0 aliphatic carbocycles. The van der Waals surface area contributed by atoms with E-state index in [0.29, 0.717) is 0 Å². The van der Waals surface area contributed by atoms with Gasteiger partial charge >= 0.3 is 0 Å². The van der Waals surface area contributed by atoms with Gasteiger partial charge in [-0.05, 0) is 12.5 Å². The first-order valence-electron chi connectivity index (χ1n) is 6.03. The lowest BCUT2D eigenvalue weighted by Gasteiger charge is -2.06.